The molecule has 0 aliphatic heterocycles. The summed E-state index contributed by atoms with van der Waals surface area (Å²) < 4.78 is 5.95. The molecule has 132 valence electrons. The standard InChI is InChI=1S/C20H15ClO3S2/c1-24-15-9-5-12(6-10-15)18(22)16-11-17(26-20(16)25-2)19(23)13-3-7-14(21)8-4-13/h3-11H,1-2H3. The molecule has 1 heterocycles. The van der Waals surface area contributed by atoms with Crippen molar-refractivity contribution in [1.29, 1.82) is 0 Å². The van der Waals surface area contributed by atoms with Crippen LogP contribution in [0.2, 0.25) is 5.02 Å². The van der Waals surface area contributed by atoms with E-state index >= 15 is 0 Å². The second-order valence-corrected chi connectivity index (χ2v) is 7.97. The van der Waals surface area contributed by atoms with E-state index in [-0.39, 0.29) is 11.6 Å². The zero-order valence-electron chi connectivity index (χ0n) is 14.1. The van der Waals surface area contributed by atoms with Crippen LogP contribution in [-0.4, -0.2) is 24.9 Å². The van der Waals surface area contributed by atoms with Gasteiger partial charge in [-0.15, -0.1) is 23.1 Å². The van der Waals surface area contributed by atoms with Crippen molar-refractivity contribution >= 4 is 46.3 Å². The van der Waals surface area contributed by atoms with Gasteiger partial charge in [-0.2, -0.15) is 0 Å². The molecule has 0 amide bonds. The highest BCUT2D eigenvalue weighted by Crippen LogP contribution is 2.34. The van der Waals surface area contributed by atoms with Crippen molar-refractivity contribution in [2.75, 3.05) is 13.4 Å². The number of carbonyl (C=O) groups excluding carboxylic acids is 2. The summed E-state index contributed by atoms with van der Waals surface area (Å²) in [6.45, 7) is 0. The third kappa shape index (κ3) is 3.85. The minimum atomic E-state index is -0.115. The lowest BCUT2D eigenvalue weighted by atomic mass is 10.0. The zero-order valence-corrected chi connectivity index (χ0v) is 16.5. The van der Waals surface area contributed by atoms with Crippen LogP contribution in [0.4, 0.5) is 0 Å². The first-order valence-corrected chi connectivity index (χ1v) is 10.1. The number of methoxy groups -OCH3 is 1. The van der Waals surface area contributed by atoms with Crippen LogP contribution in [0.15, 0.2) is 58.8 Å². The Bertz CT molecular complexity index is 944. The quantitative estimate of drug-likeness (QED) is 0.398. The van der Waals surface area contributed by atoms with Gasteiger partial charge in [0.1, 0.15) is 5.75 Å². The number of halogens is 1. The number of benzene rings is 2. The Kier molecular flexibility index (Phi) is 5.81. The van der Waals surface area contributed by atoms with Crippen molar-refractivity contribution in [2.45, 2.75) is 4.21 Å². The van der Waals surface area contributed by atoms with E-state index in [9.17, 15) is 9.59 Å². The number of ketones is 2. The first-order chi connectivity index (χ1) is 12.5. The predicted octanol–water partition coefficient (Wildman–Crippen LogP) is 5.59. The van der Waals surface area contributed by atoms with Crippen LogP contribution in [0, 0.1) is 0 Å². The normalized spacial score (nSPS) is 10.6. The van der Waals surface area contributed by atoms with Crippen molar-refractivity contribution in [3.63, 3.8) is 0 Å². The fraction of sp³-hybridized carbons (Fsp3) is 0.100. The molecule has 2 aromatic carbocycles. The van der Waals surface area contributed by atoms with E-state index in [1.165, 1.54) is 23.1 Å². The Hall–Kier alpha value is -2.08. The largest absolute Gasteiger partial charge is 0.497 e. The summed E-state index contributed by atoms with van der Waals surface area (Å²) >= 11 is 8.67. The molecule has 0 saturated heterocycles. The van der Waals surface area contributed by atoms with Crippen molar-refractivity contribution in [3.05, 3.63) is 81.2 Å². The van der Waals surface area contributed by atoms with Crippen LogP contribution in [0.1, 0.15) is 31.2 Å². The van der Waals surface area contributed by atoms with Crippen molar-refractivity contribution in [1.82, 2.24) is 0 Å². The second-order valence-electron chi connectivity index (χ2n) is 5.41. The summed E-state index contributed by atoms with van der Waals surface area (Å²) in [6, 6.07) is 15.4. The molecule has 0 N–H and O–H groups in total. The van der Waals surface area contributed by atoms with Gasteiger partial charge in [-0.25, -0.2) is 0 Å². The number of hydrogen-bond acceptors (Lipinski definition) is 5. The summed E-state index contributed by atoms with van der Waals surface area (Å²) in [6.07, 6.45) is 1.90. The molecular weight excluding hydrogens is 388 g/mol. The van der Waals surface area contributed by atoms with Crippen LogP contribution in [0.5, 0.6) is 5.75 Å². The average Bonchev–Trinajstić information content (AvgIpc) is 3.12. The van der Waals surface area contributed by atoms with Gasteiger partial charge in [0.05, 0.1) is 16.2 Å². The zero-order chi connectivity index (χ0) is 18.7. The molecule has 3 aromatic rings. The molecule has 1 aromatic heterocycles. The summed E-state index contributed by atoms with van der Waals surface area (Å²) in [5.74, 6) is 0.467. The topological polar surface area (TPSA) is 43.4 Å². The third-order valence-electron chi connectivity index (χ3n) is 3.81. The van der Waals surface area contributed by atoms with Gasteiger partial charge < -0.3 is 4.74 Å². The number of thioether (sulfide) groups is 1. The summed E-state index contributed by atoms with van der Waals surface area (Å²) in [7, 11) is 1.58. The smallest absolute Gasteiger partial charge is 0.203 e. The molecule has 0 radical (unpaired) electrons. The lowest BCUT2D eigenvalue weighted by Crippen LogP contribution is -2.02. The van der Waals surface area contributed by atoms with Crippen molar-refractivity contribution in [3.8, 4) is 5.75 Å². The van der Waals surface area contributed by atoms with E-state index in [1.807, 2.05) is 6.26 Å². The Balaban J connectivity index is 1.94. The highest BCUT2D eigenvalue weighted by molar-refractivity contribution is 8.00. The predicted molar refractivity (Wildman–Crippen MR) is 107 cm³/mol. The van der Waals surface area contributed by atoms with Crippen LogP contribution in [0.25, 0.3) is 0 Å². The summed E-state index contributed by atoms with van der Waals surface area (Å²) in [4.78, 5) is 26.1. The van der Waals surface area contributed by atoms with Gasteiger partial charge in [-0.3, -0.25) is 9.59 Å². The number of carbonyl (C=O) groups is 2. The van der Waals surface area contributed by atoms with Crippen LogP contribution in [-0.2, 0) is 0 Å². The molecule has 0 fully saturated rings. The van der Waals surface area contributed by atoms with Gasteiger partial charge in [0.2, 0.25) is 5.78 Å². The molecule has 0 saturated carbocycles. The molecule has 26 heavy (non-hydrogen) atoms. The van der Waals surface area contributed by atoms with Gasteiger partial charge in [-0.1, -0.05) is 11.6 Å². The second kappa shape index (κ2) is 8.08. The van der Waals surface area contributed by atoms with Crippen LogP contribution >= 0.6 is 34.7 Å². The van der Waals surface area contributed by atoms with E-state index in [4.69, 9.17) is 16.3 Å². The third-order valence-corrected chi connectivity index (χ3v) is 6.33. The molecule has 0 spiro atoms. The lowest BCUT2D eigenvalue weighted by Gasteiger charge is -2.03. The summed E-state index contributed by atoms with van der Waals surface area (Å²) in [5.41, 5.74) is 1.65. The minimum Gasteiger partial charge on any atom is -0.497 e. The van der Waals surface area contributed by atoms with E-state index in [0.717, 1.165) is 4.21 Å². The van der Waals surface area contributed by atoms with E-state index in [2.05, 4.69) is 0 Å². The molecular formula is C20H15ClO3S2. The van der Waals surface area contributed by atoms with Gasteiger partial charge in [0.25, 0.3) is 0 Å². The van der Waals surface area contributed by atoms with Gasteiger partial charge in [0, 0.05) is 21.7 Å². The highest BCUT2D eigenvalue weighted by atomic mass is 35.5. The number of rotatable bonds is 6. The van der Waals surface area contributed by atoms with Crippen LogP contribution in [0.3, 0.4) is 0 Å². The molecule has 0 unspecified atom stereocenters. The van der Waals surface area contributed by atoms with E-state index in [0.29, 0.717) is 32.3 Å². The maximum Gasteiger partial charge on any atom is 0.203 e. The maximum atomic E-state index is 12.9. The Morgan fingerprint density at radius 2 is 1.54 bits per heavy atom. The molecule has 0 atom stereocenters. The molecule has 3 rings (SSSR count). The van der Waals surface area contributed by atoms with Gasteiger partial charge >= 0.3 is 0 Å². The minimum absolute atomic E-state index is 0.108. The first kappa shape index (κ1) is 18.7. The number of hydrogen-bond donors (Lipinski definition) is 0. The van der Waals surface area contributed by atoms with Gasteiger partial charge in [-0.05, 0) is 60.9 Å². The van der Waals surface area contributed by atoms with E-state index in [1.54, 1.807) is 61.7 Å². The van der Waals surface area contributed by atoms with E-state index < -0.39 is 0 Å². The summed E-state index contributed by atoms with van der Waals surface area (Å²) in [5, 5.41) is 0.577. The SMILES string of the molecule is COc1ccc(C(=O)c2cc(C(=O)c3ccc(Cl)cc3)sc2SC)cc1. The molecule has 0 bridgehead atoms. The van der Waals surface area contributed by atoms with Crippen LogP contribution < -0.4 is 4.74 Å². The Morgan fingerprint density at radius 3 is 2.12 bits per heavy atom. The average molecular weight is 403 g/mol. The molecule has 0 aliphatic rings. The highest BCUT2D eigenvalue weighted by Gasteiger charge is 2.21. The lowest BCUT2D eigenvalue weighted by molar-refractivity contribution is 0.103. The maximum absolute atomic E-state index is 12.9. The number of thiophene rings is 1. The Labute approximate surface area is 165 Å². The molecule has 3 nitrogen and oxygen atoms in total. The van der Waals surface area contributed by atoms with Crippen molar-refractivity contribution < 1.29 is 14.3 Å². The number of ether oxygens (including phenoxy) is 1. The van der Waals surface area contributed by atoms with Crippen molar-refractivity contribution in [2.24, 2.45) is 0 Å². The fourth-order valence-corrected chi connectivity index (χ4v) is 4.39. The van der Waals surface area contributed by atoms with Gasteiger partial charge in [0.15, 0.2) is 5.78 Å². The monoisotopic (exact) mass is 402 g/mol. The molecule has 6 heteroatoms. The fourth-order valence-electron chi connectivity index (χ4n) is 2.44. The first-order valence-electron chi connectivity index (χ1n) is 7.70. The molecule has 0 aliphatic carbocycles. The Morgan fingerprint density at radius 1 is 0.962 bits per heavy atom.